The Hall–Kier alpha value is -2.70. The average molecular weight is 357 g/mol. The maximum Gasteiger partial charge on any atom is 0.273 e. The predicted molar refractivity (Wildman–Crippen MR) is 99.4 cm³/mol. The molecule has 0 aliphatic carbocycles. The van der Waals surface area contributed by atoms with E-state index in [1.165, 1.54) is 15.8 Å². The van der Waals surface area contributed by atoms with Crippen LogP contribution in [-0.2, 0) is 11.3 Å². The van der Waals surface area contributed by atoms with Gasteiger partial charge in [-0.15, -0.1) is 5.10 Å². The number of nitrogens with zero attached hydrogens (tertiary/aromatic N) is 4. The van der Waals surface area contributed by atoms with Gasteiger partial charge in [-0.1, -0.05) is 56.3 Å². The summed E-state index contributed by atoms with van der Waals surface area (Å²) in [4.78, 5) is 25.8. The van der Waals surface area contributed by atoms with Crippen molar-refractivity contribution in [2.45, 2.75) is 39.8 Å². The zero-order chi connectivity index (χ0) is 19.3. The number of benzene rings is 1. The van der Waals surface area contributed by atoms with E-state index in [0.717, 1.165) is 12.0 Å². The van der Waals surface area contributed by atoms with Gasteiger partial charge in [0.1, 0.15) is 6.54 Å². The Morgan fingerprint density at radius 2 is 1.85 bits per heavy atom. The minimum Gasteiger partial charge on any atom is -0.347 e. The van der Waals surface area contributed by atoms with E-state index in [4.69, 9.17) is 0 Å². The molecular weight excluding hydrogens is 330 g/mol. The topological polar surface area (TPSA) is 80.1 Å². The van der Waals surface area contributed by atoms with Crippen molar-refractivity contribution in [3.05, 3.63) is 47.8 Å². The van der Waals surface area contributed by atoms with Gasteiger partial charge >= 0.3 is 0 Å². The summed E-state index contributed by atoms with van der Waals surface area (Å²) < 4.78 is 1.37. The Morgan fingerprint density at radius 1 is 1.19 bits per heavy atom. The van der Waals surface area contributed by atoms with Crippen LogP contribution in [0.15, 0.2) is 36.5 Å². The molecule has 2 aromatic rings. The summed E-state index contributed by atoms with van der Waals surface area (Å²) in [5.74, 6) is -0.414. The SMILES string of the molecule is CN(C)C(=O)Cn1cc(C(=O)N[C@@H](CC(C)(C)C)c2ccccc2)nn1. The van der Waals surface area contributed by atoms with Crippen molar-refractivity contribution in [2.75, 3.05) is 14.1 Å². The minimum atomic E-state index is -0.299. The van der Waals surface area contributed by atoms with Crippen LogP contribution in [0.4, 0.5) is 0 Å². The number of hydrogen-bond donors (Lipinski definition) is 1. The number of likely N-dealkylation sites (N-methyl/N-ethyl adjacent to an activating group) is 1. The predicted octanol–water partition coefficient (Wildman–Crippen LogP) is 2.27. The number of amides is 2. The molecule has 0 bridgehead atoms. The van der Waals surface area contributed by atoms with Crippen molar-refractivity contribution in [1.82, 2.24) is 25.2 Å². The van der Waals surface area contributed by atoms with Gasteiger partial charge < -0.3 is 10.2 Å². The van der Waals surface area contributed by atoms with Crippen LogP contribution in [0.3, 0.4) is 0 Å². The maximum absolute atomic E-state index is 12.6. The fourth-order valence-corrected chi connectivity index (χ4v) is 2.54. The van der Waals surface area contributed by atoms with Crippen LogP contribution < -0.4 is 5.32 Å². The van der Waals surface area contributed by atoms with Crippen molar-refractivity contribution in [3.63, 3.8) is 0 Å². The quantitative estimate of drug-likeness (QED) is 0.860. The van der Waals surface area contributed by atoms with Crippen LogP contribution in [0.2, 0.25) is 0 Å². The molecule has 1 aromatic carbocycles. The number of aromatic nitrogens is 3. The average Bonchev–Trinajstić information content (AvgIpc) is 3.02. The highest BCUT2D eigenvalue weighted by Gasteiger charge is 2.23. The smallest absolute Gasteiger partial charge is 0.273 e. The van der Waals surface area contributed by atoms with Crippen molar-refractivity contribution < 1.29 is 9.59 Å². The second kappa shape index (κ2) is 8.12. The number of rotatable bonds is 6. The van der Waals surface area contributed by atoms with Gasteiger partial charge in [0.2, 0.25) is 5.91 Å². The molecule has 0 spiro atoms. The van der Waals surface area contributed by atoms with Gasteiger partial charge in [-0.05, 0) is 17.4 Å². The molecular formula is C19H27N5O2. The first-order valence-electron chi connectivity index (χ1n) is 8.62. The van der Waals surface area contributed by atoms with Gasteiger partial charge in [-0.2, -0.15) is 0 Å². The van der Waals surface area contributed by atoms with Crippen LogP contribution in [-0.4, -0.2) is 45.8 Å². The molecule has 140 valence electrons. The summed E-state index contributed by atoms with van der Waals surface area (Å²) in [5.41, 5.74) is 1.29. The Morgan fingerprint density at radius 3 is 2.42 bits per heavy atom. The fourth-order valence-electron chi connectivity index (χ4n) is 2.54. The third-order valence-corrected chi connectivity index (χ3v) is 3.89. The van der Waals surface area contributed by atoms with Crippen LogP contribution in [0.5, 0.6) is 0 Å². The Kier molecular flexibility index (Phi) is 6.13. The lowest BCUT2D eigenvalue weighted by molar-refractivity contribution is -0.129. The Bertz CT molecular complexity index is 747. The minimum absolute atomic E-state index is 0.0452. The first kappa shape index (κ1) is 19.6. The molecule has 0 saturated carbocycles. The molecule has 26 heavy (non-hydrogen) atoms. The maximum atomic E-state index is 12.6. The molecule has 0 radical (unpaired) electrons. The highest BCUT2D eigenvalue weighted by molar-refractivity contribution is 5.92. The standard InChI is InChI=1S/C19H27N5O2/c1-19(2,3)11-15(14-9-7-6-8-10-14)20-18(26)16-12-24(22-21-16)13-17(25)23(4)5/h6-10,12,15H,11,13H2,1-5H3,(H,20,26)/t15-/m0/s1. The lowest BCUT2D eigenvalue weighted by Gasteiger charge is -2.27. The summed E-state index contributed by atoms with van der Waals surface area (Å²) in [6.45, 7) is 6.46. The normalized spacial score (nSPS) is 12.5. The zero-order valence-corrected chi connectivity index (χ0v) is 16.1. The molecule has 0 fully saturated rings. The van der Waals surface area contributed by atoms with Crippen LogP contribution in [0.25, 0.3) is 0 Å². The van der Waals surface area contributed by atoms with Crippen molar-refractivity contribution in [2.24, 2.45) is 5.41 Å². The zero-order valence-electron chi connectivity index (χ0n) is 16.1. The Balaban J connectivity index is 2.12. The molecule has 1 atom stereocenters. The molecule has 0 aliphatic rings. The summed E-state index contributed by atoms with van der Waals surface area (Å²) in [5, 5.41) is 10.8. The second-order valence-electron chi connectivity index (χ2n) is 7.79. The highest BCUT2D eigenvalue weighted by Crippen LogP contribution is 2.29. The van der Waals surface area contributed by atoms with E-state index in [9.17, 15) is 9.59 Å². The summed E-state index contributed by atoms with van der Waals surface area (Å²) in [6.07, 6.45) is 2.28. The molecule has 0 unspecified atom stereocenters. The largest absolute Gasteiger partial charge is 0.347 e. The van der Waals surface area contributed by atoms with Gasteiger partial charge in [0.05, 0.1) is 12.2 Å². The molecule has 2 rings (SSSR count). The monoisotopic (exact) mass is 357 g/mol. The van der Waals surface area contributed by atoms with E-state index in [1.807, 2.05) is 30.3 Å². The van der Waals surface area contributed by atoms with Gasteiger partial charge in [0.25, 0.3) is 5.91 Å². The van der Waals surface area contributed by atoms with E-state index in [1.54, 1.807) is 14.1 Å². The van der Waals surface area contributed by atoms with Crippen molar-refractivity contribution in [1.29, 1.82) is 0 Å². The molecule has 7 nitrogen and oxygen atoms in total. The van der Waals surface area contributed by atoms with Gasteiger partial charge in [0.15, 0.2) is 5.69 Å². The summed E-state index contributed by atoms with van der Waals surface area (Å²) >= 11 is 0. The molecule has 7 heteroatoms. The molecule has 1 heterocycles. The third kappa shape index (κ3) is 5.68. The van der Waals surface area contributed by atoms with Crippen LogP contribution in [0, 0.1) is 5.41 Å². The number of nitrogens with one attached hydrogen (secondary N) is 1. The van der Waals surface area contributed by atoms with Gasteiger partial charge in [-0.3, -0.25) is 9.59 Å². The molecule has 2 amide bonds. The lowest BCUT2D eigenvalue weighted by Crippen LogP contribution is -2.31. The summed E-state index contributed by atoms with van der Waals surface area (Å²) in [6, 6.07) is 9.75. The second-order valence-corrected chi connectivity index (χ2v) is 7.79. The van der Waals surface area contributed by atoms with E-state index < -0.39 is 0 Å². The van der Waals surface area contributed by atoms with Gasteiger partial charge in [0, 0.05) is 14.1 Å². The van der Waals surface area contributed by atoms with Crippen LogP contribution >= 0.6 is 0 Å². The molecule has 1 N–H and O–H groups in total. The lowest BCUT2D eigenvalue weighted by atomic mass is 9.85. The van der Waals surface area contributed by atoms with E-state index in [-0.39, 0.29) is 35.5 Å². The van der Waals surface area contributed by atoms with Gasteiger partial charge in [-0.25, -0.2) is 4.68 Å². The fraction of sp³-hybridized carbons (Fsp3) is 0.474. The van der Waals surface area contributed by atoms with Crippen molar-refractivity contribution >= 4 is 11.8 Å². The highest BCUT2D eigenvalue weighted by atomic mass is 16.2. The summed E-state index contributed by atoms with van der Waals surface area (Å²) in [7, 11) is 3.34. The van der Waals surface area contributed by atoms with Crippen molar-refractivity contribution in [3.8, 4) is 0 Å². The molecule has 0 aliphatic heterocycles. The molecule has 0 saturated heterocycles. The van der Waals surface area contributed by atoms with E-state index in [2.05, 4.69) is 36.4 Å². The number of carbonyl (C=O) groups excluding carboxylic acids is 2. The number of carbonyl (C=O) groups is 2. The molecule has 1 aromatic heterocycles. The first-order chi connectivity index (χ1) is 12.2. The van der Waals surface area contributed by atoms with E-state index >= 15 is 0 Å². The van der Waals surface area contributed by atoms with E-state index in [0.29, 0.717) is 0 Å². The van der Waals surface area contributed by atoms with Crippen LogP contribution in [0.1, 0.15) is 49.3 Å². The number of hydrogen-bond acceptors (Lipinski definition) is 4. The first-order valence-corrected chi connectivity index (χ1v) is 8.62. The Labute approximate surface area is 154 Å². The third-order valence-electron chi connectivity index (χ3n) is 3.89.